The molecule has 0 atom stereocenters. The Hall–Kier alpha value is -5.18. The molecule has 9 nitrogen and oxygen atoms in total. The zero-order valence-electron chi connectivity index (χ0n) is 20.5. The minimum absolute atomic E-state index is 0. The van der Waals surface area contributed by atoms with E-state index < -0.39 is 44.7 Å². The molecule has 4 rings (SSSR count). The Balaban J connectivity index is 0.000000280. The molecule has 15 heteroatoms. The molecule has 41 heavy (non-hydrogen) atoms. The lowest BCUT2D eigenvalue weighted by Gasteiger charge is -2.13. The number of non-ortho nitro benzene ring substituents is 2. The molecule has 0 amide bonds. The lowest BCUT2D eigenvalue weighted by atomic mass is 9.98. The van der Waals surface area contributed by atoms with Crippen LogP contribution in [0, 0.1) is 20.2 Å². The van der Waals surface area contributed by atoms with Gasteiger partial charge < -0.3 is 16.9 Å². The number of nitrogen functional groups attached to an aromatic ring is 2. The molecule has 0 aliphatic carbocycles. The van der Waals surface area contributed by atoms with E-state index in [0.29, 0.717) is 34.6 Å². The van der Waals surface area contributed by atoms with Crippen molar-refractivity contribution < 1.29 is 41.7 Å². The monoisotopic (exact) mass is 582 g/mol. The normalized spacial score (nSPS) is 11.1. The van der Waals surface area contributed by atoms with Gasteiger partial charge in [0.05, 0.1) is 21.0 Å². The van der Waals surface area contributed by atoms with Gasteiger partial charge in [-0.25, -0.2) is 0 Å². The van der Waals surface area contributed by atoms with Crippen LogP contribution >= 0.6 is 0 Å². The second-order valence-electron chi connectivity index (χ2n) is 8.21. The van der Waals surface area contributed by atoms with Crippen LogP contribution in [0.15, 0.2) is 84.9 Å². The van der Waals surface area contributed by atoms with Gasteiger partial charge in [0, 0.05) is 35.6 Å². The van der Waals surface area contributed by atoms with E-state index in [0.717, 1.165) is 24.3 Å². The first-order chi connectivity index (χ1) is 18.6. The summed E-state index contributed by atoms with van der Waals surface area (Å²) in [6.07, 6.45) is -9.36. The van der Waals surface area contributed by atoms with E-state index in [4.69, 9.17) is 11.5 Å². The summed E-state index contributed by atoms with van der Waals surface area (Å²) in [6, 6.07) is 17.0. The first kappa shape index (κ1) is 32.0. The SMILES string of the molecule is Nc1ccc(-c2ccc([N+](=O)[O-])cc2C(F)(F)F)cc1.Nc1ccc(-c2ccc([N+](=O)[O-])cc2C(F)(F)F)cc1.O. The number of hydrogen-bond donors (Lipinski definition) is 2. The van der Waals surface area contributed by atoms with Crippen molar-refractivity contribution in [3.63, 3.8) is 0 Å². The van der Waals surface area contributed by atoms with Gasteiger partial charge in [0.2, 0.25) is 0 Å². The molecule has 4 aromatic carbocycles. The molecule has 0 aromatic heterocycles. The summed E-state index contributed by atoms with van der Waals surface area (Å²) in [6.45, 7) is 0. The molecule has 4 aromatic rings. The predicted molar refractivity (Wildman–Crippen MR) is 140 cm³/mol. The van der Waals surface area contributed by atoms with Crippen molar-refractivity contribution in [1.29, 1.82) is 0 Å². The number of nitrogens with zero attached hydrogens (tertiary/aromatic N) is 2. The third kappa shape index (κ3) is 7.92. The Morgan fingerprint density at radius 1 is 0.537 bits per heavy atom. The van der Waals surface area contributed by atoms with E-state index in [1.807, 2.05) is 0 Å². The molecule has 6 N–H and O–H groups in total. The van der Waals surface area contributed by atoms with Crippen molar-refractivity contribution >= 4 is 22.7 Å². The number of alkyl halides is 6. The van der Waals surface area contributed by atoms with Gasteiger partial charge in [0.25, 0.3) is 11.4 Å². The molecule has 0 radical (unpaired) electrons. The van der Waals surface area contributed by atoms with Gasteiger partial charge in [0.15, 0.2) is 0 Å². The third-order valence-electron chi connectivity index (χ3n) is 5.48. The van der Waals surface area contributed by atoms with E-state index in [1.165, 1.54) is 48.5 Å². The molecule has 0 aliphatic rings. The molecule has 0 aliphatic heterocycles. The molecule has 0 unspecified atom stereocenters. The van der Waals surface area contributed by atoms with E-state index in [-0.39, 0.29) is 16.6 Å². The maximum absolute atomic E-state index is 13.0. The van der Waals surface area contributed by atoms with Crippen molar-refractivity contribution in [1.82, 2.24) is 0 Å². The van der Waals surface area contributed by atoms with Gasteiger partial charge in [-0.1, -0.05) is 24.3 Å². The highest BCUT2D eigenvalue weighted by Crippen LogP contribution is 2.40. The topological polar surface area (TPSA) is 170 Å². The van der Waals surface area contributed by atoms with Gasteiger partial charge in [-0.05, 0) is 58.7 Å². The molecule has 0 spiro atoms. The molecule has 0 bridgehead atoms. The van der Waals surface area contributed by atoms with Crippen LogP contribution in [-0.2, 0) is 12.4 Å². The Labute approximate surface area is 227 Å². The van der Waals surface area contributed by atoms with Gasteiger partial charge in [-0.2, -0.15) is 26.3 Å². The minimum atomic E-state index is -4.68. The van der Waals surface area contributed by atoms with Crippen LogP contribution in [-0.4, -0.2) is 15.3 Å². The maximum atomic E-state index is 13.0. The van der Waals surface area contributed by atoms with Crippen molar-refractivity contribution in [3.8, 4) is 22.3 Å². The summed E-state index contributed by atoms with van der Waals surface area (Å²) in [7, 11) is 0. The zero-order chi connectivity index (χ0) is 29.8. The number of nitro benzene ring substituents is 2. The fourth-order valence-corrected chi connectivity index (χ4v) is 3.59. The second kappa shape index (κ2) is 12.3. The molecular formula is C26H20F6N4O5. The summed E-state index contributed by atoms with van der Waals surface area (Å²) >= 11 is 0. The van der Waals surface area contributed by atoms with Crippen molar-refractivity contribution in [2.45, 2.75) is 12.4 Å². The van der Waals surface area contributed by atoms with Gasteiger partial charge in [-0.3, -0.25) is 20.2 Å². The first-order valence-electron chi connectivity index (χ1n) is 11.0. The zero-order valence-corrected chi connectivity index (χ0v) is 20.5. The van der Waals surface area contributed by atoms with Crippen molar-refractivity contribution in [2.24, 2.45) is 0 Å². The Morgan fingerprint density at radius 2 is 0.829 bits per heavy atom. The van der Waals surface area contributed by atoms with Gasteiger partial charge in [-0.15, -0.1) is 0 Å². The molecule has 216 valence electrons. The minimum Gasteiger partial charge on any atom is -0.412 e. The van der Waals surface area contributed by atoms with E-state index in [1.54, 1.807) is 0 Å². The average Bonchev–Trinajstić information content (AvgIpc) is 2.88. The van der Waals surface area contributed by atoms with Crippen LogP contribution < -0.4 is 11.5 Å². The molecule has 0 heterocycles. The average molecular weight is 582 g/mol. The first-order valence-corrected chi connectivity index (χ1v) is 11.0. The lowest BCUT2D eigenvalue weighted by molar-refractivity contribution is -0.385. The highest BCUT2D eigenvalue weighted by atomic mass is 19.4. The van der Waals surface area contributed by atoms with Crippen molar-refractivity contribution in [3.05, 3.63) is 116 Å². The maximum Gasteiger partial charge on any atom is 0.417 e. The molecule has 0 fully saturated rings. The summed E-state index contributed by atoms with van der Waals surface area (Å²) < 4.78 is 78.1. The Kier molecular flexibility index (Phi) is 9.64. The van der Waals surface area contributed by atoms with E-state index in [9.17, 15) is 46.6 Å². The highest BCUT2D eigenvalue weighted by molar-refractivity contribution is 5.72. The van der Waals surface area contributed by atoms with Crippen LogP contribution in [0.4, 0.5) is 49.1 Å². The van der Waals surface area contributed by atoms with E-state index in [2.05, 4.69) is 0 Å². The number of benzene rings is 4. The van der Waals surface area contributed by atoms with Gasteiger partial charge in [0.1, 0.15) is 0 Å². The van der Waals surface area contributed by atoms with Gasteiger partial charge >= 0.3 is 12.4 Å². The largest absolute Gasteiger partial charge is 0.417 e. The third-order valence-corrected chi connectivity index (χ3v) is 5.48. The summed E-state index contributed by atoms with van der Waals surface area (Å²) in [4.78, 5) is 19.5. The lowest BCUT2D eigenvalue weighted by Crippen LogP contribution is -2.08. The predicted octanol–water partition coefficient (Wildman–Crippen LogP) is 6.90. The number of nitrogens with two attached hydrogens (primary N) is 2. The summed E-state index contributed by atoms with van der Waals surface area (Å²) in [5, 5.41) is 21.2. The number of anilines is 2. The molecule has 0 saturated heterocycles. The Morgan fingerprint density at radius 3 is 1.07 bits per heavy atom. The number of hydrogen-bond acceptors (Lipinski definition) is 6. The van der Waals surface area contributed by atoms with Crippen LogP contribution in [0.1, 0.15) is 11.1 Å². The number of rotatable bonds is 4. The standard InChI is InChI=1S/2C13H9F3N2O2.H2O/c2*14-13(15,16)12-7-10(18(19)20)5-6-11(12)8-1-3-9(17)4-2-8;/h2*1-7H,17H2;1H2. The van der Waals surface area contributed by atoms with Crippen LogP contribution in [0.5, 0.6) is 0 Å². The molecular weight excluding hydrogens is 562 g/mol. The number of nitro groups is 2. The second-order valence-corrected chi connectivity index (χ2v) is 8.21. The quantitative estimate of drug-likeness (QED) is 0.115. The van der Waals surface area contributed by atoms with E-state index >= 15 is 0 Å². The summed E-state index contributed by atoms with van der Waals surface area (Å²) in [5.74, 6) is 0. The van der Waals surface area contributed by atoms with Crippen LogP contribution in [0.3, 0.4) is 0 Å². The smallest absolute Gasteiger partial charge is 0.412 e. The fourth-order valence-electron chi connectivity index (χ4n) is 3.59. The Bertz CT molecular complexity index is 1420. The number of halogens is 6. The highest BCUT2D eigenvalue weighted by Gasteiger charge is 2.36. The summed E-state index contributed by atoms with van der Waals surface area (Å²) in [5.41, 5.74) is 8.85. The fraction of sp³-hybridized carbons (Fsp3) is 0.0769. The van der Waals surface area contributed by atoms with Crippen LogP contribution in [0.25, 0.3) is 22.3 Å². The van der Waals surface area contributed by atoms with Crippen LogP contribution in [0.2, 0.25) is 0 Å². The molecule has 0 saturated carbocycles. The van der Waals surface area contributed by atoms with Crippen molar-refractivity contribution in [2.75, 3.05) is 11.5 Å².